The lowest BCUT2D eigenvalue weighted by Gasteiger charge is -2.20. The average molecular weight is 517 g/mol. The van der Waals surface area contributed by atoms with Crippen LogP contribution < -0.4 is 5.32 Å². The van der Waals surface area contributed by atoms with Gasteiger partial charge in [-0.05, 0) is 55.2 Å². The summed E-state index contributed by atoms with van der Waals surface area (Å²) < 4.78 is 15.4. The number of rotatable bonds is 12. The molecule has 1 N–H and O–H groups in total. The van der Waals surface area contributed by atoms with E-state index in [2.05, 4.69) is 53.6 Å². The molecule has 0 aliphatic rings. The Kier molecular flexibility index (Phi) is 9.49. The fraction of sp³-hybridized carbons (Fsp3) is 0.300. The maximum atomic E-state index is 13.4. The zero-order valence-electron chi connectivity index (χ0n) is 21.4. The van der Waals surface area contributed by atoms with Crippen molar-refractivity contribution in [2.24, 2.45) is 0 Å². The summed E-state index contributed by atoms with van der Waals surface area (Å²) in [6, 6.07) is 24.5. The van der Waals surface area contributed by atoms with Gasteiger partial charge in [0.15, 0.2) is 11.0 Å². The lowest BCUT2D eigenvalue weighted by Crippen LogP contribution is -2.31. The molecule has 1 aromatic heterocycles. The number of amides is 1. The summed E-state index contributed by atoms with van der Waals surface area (Å²) >= 11 is 1.54. The Bertz CT molecular complexity index is 1270. The van der Waals surface area contributed by atoms with E-state index in [9.17, 15) is 9.18 Å². The van der Waals surface area contributed by atoms with Crippen molar-refractivity contribution in [2.75, 3.05) is 0 Å². The van der Waals surface area contributed by atoms with E-state index in [0.717, 1.165) is 46.8 Å². The van der Waals surface area contributed by atoms with E-state index in [1.165, 1.54) is 23.9 Å². The second-order valence-electron chi connectivity index (χ2n) is 9.19. The summed E-state index contributed by atoms with van der Waals surface area (Å²) in [6.07, 6.45) is 4.05. The van der Waals surface area contributed by atoms with Crippen LogP contribution in [0.4, 0.5) is 4.39 Å². The van der Waals surface area contributed by atoms with E-state index in [1.807, 2.05) is 34.9 Å². The summed E-state index contributed by atoms with van der Waals surface area (Å²) in [4.78, 5) is 12.9. The molecular formula is C30H33FN4OS. The van der Waals surface area contributed by atoms with E-state index in [4.69, 9.17) is 0 Å². The van der Waals surface area contributed by atoms with E-state index >= 15 is 0 Å². The summed E-state index contributed by atoms with van der Waals surface area (Å²) in [5.41, 5.74) is 4.20. The quantitative estimate of drug-likeness (QED) is 0.163. The highest BCUT2D eigenvalue weighted by Gasteiger charge is 2.25. The Morgan fingerprint density at radius 2 is 1.68 bits per heavy atom. The number of halogens is 1. The second-order valence-corrected chi connectivity index (χ2v) is 10.1. The van der Waals surface area contributed by atoms with E-state index < -0.39 is 0 Å². The maximum Gasteiger partial charge on any atom is 0.220 e. The standard InChI is InChI=1S/C30H33FN4OS/c1-3-4-6-11-28(36)32-27(20-23-9-7-5-8-10-23)29-33-34-30(35(29)26-18-12-22(2)13-19-26)37-21-24-14-16-25(31)17-15-24/h5,7-10,12-19,27H,3-4,6,11,20-21H2,1-2H3,(H,32,36). The predicted molar refractivity (Wildman–Crippen MR) is 147 cm³/mol. The molecule has 0 aliphatic heterocycles. The lowest BCUT2D eigenvalue weighted by molar-refractivity contribution is -0.122. The Morgan fingerprint density at radius 3 is 2.38 bits per heavy atom. The van der Waals surface area contributed by atoms with Crippen molar-refractivity contribution in [3.8, 4) is 5.69 Å². The van der Waals surface area contributed by atoms with Gasteiger partial charge in [0.25, 0.3) is 0 Å². The van der Waals surface area contributed by atoms with Crippen LogP contribution in [0.3, 0.4) is 0 Å². The molecule has 0 radical (unpaired) electrons. The molecule has 0 saturated carbocycles. The van der Waals surface area contributed by atoms with E-state index in [-0.39, 0.29) is 17.8 Å². The second kappa shape index (κ2) is 13.2. The zero-order chi connectivity index (χ0) is 26.0. The third-order valence-electron chi connectivity index (χ3n) is 6.17. The molecule has 0 spiro atoms. The van der Waals surface area contributed by atoms with Crippen LogP contribution >= 0.6 is 11.8 Å². The monoisotopic (exact) mass is 516 g/mol. The topological polar surface area (TPSA) is 59.8 Å². The van der Waals surface area contributed by atoms with Crippen LogP contribution in [0.15, 0.2) is 84.0 Å². The Balaban J connectivity index is 1.68. The number of benzene rings is 3. The Labute approximate surface area is 222 Å². The van der Waals surface area contributed by atoms with Crippen molar-refractivity contribution in [2.45, 2.75) is 62.9 Å². The minimum atomic E-state index is -0.342. The fourth-order valence-corrected chi connectivity index (χ4v) is 5.04. The number of aromatic nitrogens is 3. The highest BCUT2D eigenvalue weighted by atomic mass is 32.2. The van der Waals surface area contributed by atoms with Gasteiger partial charge in [-0.15, -0.1) is 10.2 Å². The Morgan fingerprint density at radius 1 is 0.946 bits per heavy atom. The summed E-state index contributed by atoms with van der Waals surface area (Å²) in [6.45, 7) is 4.18. The highest BCUT2D eigenvalue weighted by molar-refractivity contribution is 7.98. The van der Waals surface area contributed by atoms with Crippen LogP contribution in [0.2, 0.25) is 0 Å². The smallest absolute Gasteiger partial charge is 0.220 e. The minimum Gasteiger partial charge on any atom is -0.346 e. The van der Waals surface area contributed by atoms with Gasteiger partial charge in [-0.3, -0.25) is 9.36 Å². The summed E-state index contributed by atoms with van der Waals surface area (Å²) in [5.74, 6) is 1.08. The molecule has 4 aromatic rings. The Hall–Kier alpha value is -3.45. The van der Waals surface area contributed by atoms with Crippen molar-refractivity contribution < 1.29 is 9.18 Å². The molecule has 192 valence electrons. The first-order chi connectivity index (χ1) is 18.0. The highest BCUT2D eigenvalue weighted by Crippen LogP contribution is 2.29. The lowest BCUT2D eigenvalue weighted by atomic mass is 10.0. The number of unbranched alkanes of at least 4 members (excludes halogenated alkanes) is 2. The molecule has 1 atom stereocenters. The van der Waals surface area contributed by atoms with Gasteiger partial charge in [-0.1, -0.05) is 91.7 Å². The molecular weight excluding hydrogens is 483 g/mol. The minimum absolute atomic E-state index is 0.0216. The van der Waals surface area contributed by atoms with Gasteiger partial charge in [-0.2, -0.15) is 0 Å². The third-order valence-corrected chi connectivity index (χ3v) is 7.17. The van der Waals surface area contributed by atoms with Gasteiger partial charge < -0.3 is 5.32 Å². The van der Waals surface area contributed by atoms with Crippen LogP contribution in [0.1, 0.15) is 61.2 Å². The van der Waals surface area contributed by atoms with Crippen LogP contribution in [-0.4, -0.2) is 20.7 Å². The molecule has 37 heavy (non-hydrogen) atoms. The third kappa shape index (κ3) is 7.52. The number of carbonyl (C=O) groups excluding carboxylic acids is 1. The molecule has 0 fully saturated rings. The SMILES string of the molecule is CCCCCC(=O)NC(Cc1ccccc1)c1nnc(SCc2ccc(F)cc2)n1-c1ccc(C)cc1. The molecule has 1 amide bonds. The maximum absolute atomic E-state index is 13.4. The molecule has 0 bridgehead atoms. The zero-order valence-corrected chi connectivity index (χ0v) is 22.2. The summed E-state index contributed by atoms with van der Waals surface area (Å²) in [7, 11) is 0. The van der Waals surface area contributed by atoms with Crippen LogP contribution in [0.5, 0.6) is 0 Å². The number of carbonyl (C=O) groups is 1. The molecule has 1 heterocycles. The van der Waals surface area contributed by atoms with E-state index in [0.29, 0.717) is 24.4 Å². The fourth-order valence-electron chi connectivity index (χ4n) is 4.12. The number of hydrogen-bond acceptors (Lipinski definition) is 4. The first-order valence-corrected chi connectivity index (χ1v) is 13.7. The van der Waals surface area contributed by atoms with E-state index in [1.54, 1.807) is 12.1 Å². The molecule has 3 aromatic carbocycles. The van der Waals surface area contributed by atoms with Crippen molar-refractivity contribution in [1.82, 2.24) is 20.1 Å². The van der Waals surface area contributed by atoms with Crippen molar-refractivity contribution >= 4 is 17.7 Å². The van der Waals surface area contributed by atoms with Crippen LogP contribution in [-0.2, 0) is 17.0 Å². The first kappa shape index (κ1) is 26.6. The molecule has 1 unspecified atom stereocenters. The molecule has 4 rings (SSSR count). The van der Waals surface area contributed by atoms with Gasteiger partial charge in [0.2, 0.25) is 5.91 Å². The van der Waals surface area contributed by atoms with Crippen LogP contribution in [0, 0.1) is 12.7 Å². The average Bonchev–Trinajstić information content (AvgIpc) is 3.33. The molecule has 0 saturated heterocycles. The normalized spacial score (nSPS) is 11.9. The van der Waals surface area contributed by atoms with Gasteiger partial charge in [0.05, 0.1) is 6.04 Å². The van der Waals surface area contributed by atoms with Gasteiger partial charge in [0.1, 0.15) is 5.82 Å². The van der Waals surface area contributed by atoms with Crippen molar-refractivity contribution in [3.05, 3.63) is 107 Å². The van der Waals surface area contributed by atoms with Crippen molar-refractivity contribution in [1.29, 1.82) is 0 Å². The summed E-state index contributed by atoms with van der Waals surface area (Å²) in [5, 5.41) is 13.1. The van der Waals surface area contributed by atoms with Gasteiger partial charge in [0, 0.05) is 17.9 Å². The number of nitrogens with one attached hydrogen (secondary N) is 1. The predicted octanol–water partition coefficient (Wildman–Crippen LogP) is 6.99. The largest absolute Gasteiger partial charge is 0.346 e. The number of nitrogens with zero attached hydrogens (tertiary/aromatic N) is 3. The van der Waals surface area contributed by atoms with Crippen molar-refractivity contribution in [3.63, 3.8) is 0 Å². The number of hydrogen-bond donors (Lipinski definition) is 1. The number of thioether (sulfide) groups is 1. The first-order valence-electron chi connectivity index (χ1n) is 12.8. The van der Waals surface area contributed by atoms with Gasteiger partial charge in [-0.25, -0.2) is 4.39 Å². The van der Waals surface area contributed by atoms with Crippen LogP contribution in [0.25, 0.3) is 5.69 Å². The molecule has 0 aliphatic carbocycles. The molecule has 7 heteroatoms. The molecule has 5 nitrogen and oxygen atoms in total. The number of aryl methyl sites for hydroxylation is 1. The van der Waals surface area contributed by atoms with Gasteiger partial charge >= 0.3 is 0 Å².